The molecule has 1 nitrogen and oxygen atoms in total. The summed E-state index contributed by atoms with van der Waals surface area (Å²) in [5.74, 6) is 1.46. The molecule has 0 aromatic rings. The zero-order valence-electron chi connectivity index (χ0n) is 13.6. The van der Waals surface area contributed by atoms with Crippen LogP contribution in [0.2, 0.25) is 0 Å². The fraction of sp³-hybridized carbons (Fsp3) is 0.875. The SMILES string of the molecule is C1CCCC1.CC(C)C1CCCC1[P+](C)=O.[CH3-].[CH3-].[Fe+2]. The van der Waals surface area contributed by atoms with E-state index < -0.39 is 7.80 Å². The summed E-state index contributed by atoms with van der Waals surface area (Å²) in [6.45, 7) is 6.39. The van der Waals surface area contributed by atoms with Gasteiger partial charge >= 0.3 is 24.9 Å². The molecule has 0 bridgehead atoms. The number of rotatable bonds is 2. The van der Waals surface area contributed by atoms with E-state index in [1.807, 2.05) is 6.66 Å². The van der Waals surface area contributed by atoms with Crippen molar-refractivity contribution in [3.8, 4) is 0 Å². The van der Waals surface area contributed by atoms with Crippen molar-refractivity contribution in [3.63, 3.8) is 0 Å². The molecule has 2 fully saturated rings. The Morgan fingerprint density at radius 1 is 0.895 bits per heavy atom. The van der Waals surface area contributed by atoms with Crippen LogP contribution in [0.3, 0.4) is 0 Å². The van der Waals surface area contributed by atoms with E-state index in [-0.39, 0.29) is 31.9 Å². The molecule has 0 spiro atoms. The van der Waals surface area contributed by atoms with Gasteiger partial charge in [-0.2, -0.15) is 0 Å². The predicted octanol–water partition coefficient (Wildman–Crippen LogP) is 6.12. The second kappa shape index (κ2) is 13.6. The van der Waals surface area contributed by atoms with Crippen molar-refractivity contribution in [2.75, 3.05) is 6.66 Å². The Hall–Kier alpha value is 0.619. The van der Waals surface area contributed by atoms with E-state index in [0.717, 1.165) is 11.8 Å². The largest absolute Gasteiger partial charge is 2.00 e. The minimum atomic E-state index is -0.923. The number of hydrogen-bond donors (Lipinski definition) is 0. The molecule has 3 heteroatoms. The first-order chi connectivity index (χ1) is 7.63. The van der Waals surface area contributed by atoms with E-state index in [0.29, 0.717) is 5.66 Å². The van der Waals surface area contributed by atoms with Crippen molar-refractivity contribution in [2.45, 2.75) is 70.9 Å². The van der Waals surface area contributed by atoms with Gasteiger partial charge in [-0.1, -0.05) is 50.5 Å². The van der Waals surface area contributed by atoms with E-state index in [2.05, 4.69) is 13.8 Å². The van der Waals surface area contributed by atoms with Gasteiger partial charge in [0.1, 0.15) is 6.66 Å². The molecule has 116 valence electrons. The smallest absolute Gasteiger partial charge is 0.358 e. The van der Waals surface area contributed by atoms with Crippen molar-refractivity contribution >= 4 is 7.80 Å². The zero-order valence-corrected chi connectivity index (χ0v) is 15.6. The van der Waals surface area contributed by atoms with E-state index in [1.54, 1.807) is 0 Å². The molecule has 19 heavy (non-hydrogen) atoms. The van der Waals surface area contributed by atoms with Crippen LogP contribution in [0.1, 0.15) is 65.2 Å². The minimum Gasteiger partial charge on any atom is -0.358 e. The summed E-state index contributed by atoms with van der Waals surface area (Å²) in [7, 11) is -0.923. The molecule has 0 aromatic carbocycles. The van der Waals surface area contributed by atoms with E-state index >= 15 is 0 Å². The van der Waals surface area contributed by atoms with Gasteiger partial charge in [0, 0.05) is 5.92 Å². The van der Waals surface area contributed by atoms with Crippen molar-refractivity contribution < 1.29 is 21.6 Å². The zero-order chi connectivity index (χ0) is 12.0. The molecular formula is C16H34FeOP+. The van der Waals surface area contributed by atoms with Crippen LogP contribution in [0, 0.1) is 26.7 Å². The summed E-state index contributed by atoms with van der Waals surface area (Å²) in [5, 5.41) is 0. The van der Waals surface area contributed by atoms with Gasteiger partial charge < -0.3 is 14.9 Å². The Balaban J connectivity index is -0.000000277. The second-order valence-corrected chi connectivity index (χ2v) is 7.48. The summed E-state index contributed by atoms with van der Waals surface area (Å²) >= 11 is 0. The standard InChI is InChI=1S/C9H18OP.C5H10.2CH3.Fe/c1-7(2)8-5-4-6-9(8)11(3)10;1-2-4-5-3-1;;;/h7-9H,4-6H2,1-3H3;1-5H2;2*1H3;/q+1;;2*-1;+2. The topological polar surface area (TPSA) is 17.1 Å². The monoisotopic (exact) mass is 329 g/mol. The van der Waals surface area contributed by atoms with Crippen LogP contribution < -0.4 is 0 Å². The average Bonchev–Trinajstić information content (AvgIpc) is 2.92. The second-order valence-electron chi connectivity index (χ2n) is 5.72. The molecule has 3 atom stereocenters. The molecule has 0 amide bonds. The van der Waals surface area contributed by atoms with Crippen molar-refractivity contribution in [1.82, 2.24) is 0 Å². The van der Waals surface area contributed by atoms with Gasteiger partial charge in [-0.05, 0) is 25.2 Å². The molecule has 2 rings (SSSR count). The molecule has 0 aromatic heterocycles. The van der Waals surface area contributed by atoms with Gasteiger partial charge in [0.2, 0.25) is 0 Å². The van der Waals surface area contributed by atoms with E-state index in [9.17, 15) is 4.57 Å². The fourth-order valence-corrected chi connectivity index (χ4v) is 4.66. The van der Waals surface area contributed by atoms with Gasteiger partial charge in [0.15, 0.2) is 5.66 Å². The molecule has 2 aliphatic carbocycles. The van der Waals surface area contributed by atoms with Crippen LogP contribution in [0.15, 0.2) is 0 Å². The maximum absolute atomic E-state index is 11.3. The summed E-state index contributed by atoms with van der Waals surface area (Å²) in [6, 6.07) is 0. The third kappa shape index (κ3) is 9.22. The van der Waals surface area contributed by atoms with Gasteiger partial charge in [-0.15, -0.1) is 0 Å². The first-order valence-corrected chi connectivity index (χ1v) is 8.80. The molecular weight excluding hydrogens is 295 g/mol. The molecule has 0 aliphatic heterocycles. The van der Waals surface area contributed by atoms with Gasteiger partial charge in [-0.3, -0.25) is 0 Å². The first kappa shape index (κ1) is 24.6. The van der Waals surface area contributed by atoms with Crippen molar-refractivity contribution in [3.05, 3.63) is 14.9 Å². The first-order valence-electron chi connectivity index (χ1n) is 7.03. The van der Waals surface area contributed by atoms with Crippen LogP contribution in [-0.4, -0.2) is 12.3 Å². The average molecular weight is 329 g/mol. The van der Waals surface area contributed by atoms with Crippen LogP contribution >= 0.6 is 7.80 Å². The van der Waals surface area contributed by atoms with E-state index in [4.69, 9.17) is 0 Å². The van der Waals surface area contributed by atoms with Gasteiger partial charge in [0.25, 0.3) is 0 Å². The molecule has 2 saturated carbocycles. The molecule has 0 saturated heterocycles. The van der Waals surface area contributed by atoms with Gasteiger partial charge in [0.05, 0.1) is 0 Å². The molecule has 2 aliphatic rings. The van der Waals surface area contributed by atoms with Crippen LogP contribution in [-0.2, 0) is 21.6 Å². The Kier molecular flexibility index (Phi) is 17.6. The Labute approximate surface area is 134 Å². The summed E-state index contributed by atoms with van der Waals surface area (Å²) in [6.07, 6.45) is 11.3. The maximum atomic E-state index is 11.3. The van der Waals surface area contributed by atoms with Crippen LogP contribution in [0.25, 0.3) is 0 Å². The van der Waals surface area contributed by atoms with Crippen molar-refractivity contribution in [2.24, 2.45) is 11.8 Å². The summed E-state index contributed by atoms with van der Waals surface area (Å²) < 4.78 is 11.3. The molecule has 0 N–H and O–H groups in total. The van der Waals surface area contributed by atoms with Crippen LogP contribution in [0.5, 0.6) is 0 Å². The third-order valence-electron chi connectivity index (χ3n) is 4.10. The molecule has 0 heterocycles. The Bertz CT molecular complexity index is 207. The molecule has 0 radical (unpaired) electrons. The van der Waals surface area contributed by atoms with Gasteiger partial charge in [-0.25, -0.2) is 0 Å². The summed E-state index contributed by atoms with van der Waals surface area (Å²) in [4.78, 5) is 0. The van der Waals surface area contributed by atoms with E-state index in [1.165, 1.54) is 51.4 Å². The quantitative estimate of drug-likeness (QED) is 0.339. The predicted molar refractivity (Wildman–Crippen MR) is 85.4 cm³/mol. The number of hydrogen-bond acceptors (Lipinski definition) is 1. The fourth-order valence-electron chi connectivity index (χ4n) is 3.08. The summed E-state index contributed by atoms with van der Waals surface area (Å²) in [5.41, 5.74) is 0.532. The Morgan fingerprint density at radius 3 is 1.58 bits per heavy atom. The van der Waals surface area contributed by atoms with Crippen LogP contribution in [0.4, 0.5) is 0 Å². The molecule has 3 unspecified atom stereocenters. The minimum absolute atomic E-state index is 0. The third-order valence-corrected chi connectivity index (χ3v) is 5.68. The normalized spacial score (nSPS) is 25.4. The Morgan fingerprint density at radius 2 is 1.32 bits per heavy atom. The maximum Gasteiger partial charge on any atom is 2.00 e. The van der Waals surface area contributed by atoms with Crippen molar-refractivity contribution in [1.29, 1.82) is 0 Å².